The third-order valence-electron chi connectivity index (χ3n) is 4.06. The monoisotopic (exact) mass is 327 g/mol. The van der Waals surface area contributed by atoms with Crippen LogP contribution in [0.2, 0.25) is 5.02 Å². The average Bonchev–Trinajstić information content (AvgIpc) is 3.18. The zero-order chi connectivity index (χ0) is 15.8. The SMILES string of the molecule is O=C1C[C@H](c2ccccc2Cl)c2cnn(Cc3ccco3)c2N1. The van der Waals surface area contributed by atoms with Crippen LogP contribution in [0.3, 0.4) is 0 Å². The number of rotatable bonds is 3. The van der Waals surface area contributed by atoms with E-state index in [0.29, 0.717) is 23.8 Å². The fourth-order valence-corrected chi connectivity index (χ4v) is 3.24. The molecule has 0 saturated heterocycles. The normalized spacial score (nSPS) is 16.9. The molecule has 1 amide bonds. The number of aromatic nitrogens is 2. The van der Waals surface area contributed by atoms with E-state index in [1.165, 1.54) is 0 Å². The second-order valence-electron chi connectivity index (χ2n) is 5.51. The van der Waals surface area contributed by atoms with Gasteiger partial charge in [-0.3, -0.25) is 4.79 Å². The standard InChI is InChI=1S/C17H14ClN3O2/c18-15-6-2-1-5-12(15)13-8-16(22)20-17-14(13)9-19-21(17)10-11-4-3-7-23-11/h1-7,9,13H,8,10H2,(H,20,22)/t13-/m1/s1. The van der Waals surface area contributed by atoms with E-state index in [2.05, 4.69) is 10.4 Å². The number of nitrogens with zero attached hydrogens (tertiary/aromatic N) is 2. The van der Waals surface area contributed by atoms with E-state index in [1.807, 2.05) is 36.4 Å². The Labute approximate surface area is 137 Å². The Morgan fingerprint density at radius 3 is 2.91 bits per heavy atom. The highest BCUT2D eigenvalue weighted by Crippen LogP contribution is 2.39. The maximum atomic E-state index is 12.2. The summed E-state index contributed by atoms with van der Waals surface area (Å²) in [4.78, 5) is 12.2. The minimum Gasteiger partial charge on any atom is -0.467 e. The first-order valence-electron chi connectivity index (χ1n) is 7.35. The van der Waals surface area contributed by atoms with Crippen LogP contribution in [0.1, 0.15) is 29.2 Å². The molecule has 1 aromatic carbocycles. The van der Waals surface area contributed by atoms with Crippen LogP contribution in [0.25, 0.3) is 0 Å². The van der Waals surface area contributed by atoms with Crippen LogP contribution in [0.5, 0.6) is 0 Å². The zero-order valence-corrected chi connectivity index (χ0v) is 13.0. The van der Waals surface area contributed by atoms with Gasteiger partial charge in [-0.25, -0.2) is 4.68 Å². The molecule has 0 aliphatic carbocycles. The quantitative estimate of drug-likeness (QED) is 0.798. The molecular formula is C17H14ClN3O2. The van der Waals surface area contributed by atoms with Crippen molar-refractivity contribution in [1.29, 1.82) is 0 Å². The summed E-state index contributed by atoms with van der Waals surface area (Å²) in [5.41, 5.74) is 1.92. The summed E-state index contributed by atoms with van der Waals surface area (Å²) in [7, 11) is 0. The van der Waals surface area contributed by atoms with Gasteiger partial charge in [-0.1, -0.05) is 29.8 Å². The van der Waals surface area contributed by atoms with E-state index in [-0.39, 0.29) is 11.8 Å². The summed E-state index contributed by atoms with van der Waals surface area (Å²) in [6.45, 7) is 0.470. The Kier molecular flexibility index (Phi) is 3.42. The lowest BCUT2D eigenvalue weighted by Crippen LogP contribution is -2.25. The van der Waals surface area contributed by atoms with E-state index in [9.17, 15) is 4.79 Å². The molecule has 0 radical (unpaired) electrons. The van der Waals surface area contributed by atoms with Crippen molar-refractivity contribution >= 4 is 23.3 Å². The van der Waals surface area contributed by atoms with Crippen LogP contribution in [0.4, 0.5) is 5.82 Å². The molecule has 0 spiro atoms. The van der Waals surface area contributed by atoms with E-state index >= 15 is 0 Å². The van der Waals surface area contributed by atoms with E-state index in [4.69, 9.17) is 16.0 Å². The molecule has 0 bridgehead atoms. The van der Waals surface area contributed by atoms with Crippen molar-refractivity contribution in [3.8, 4) is 0 Å². The van der Waals surface area contributed by atoms with Crippen molar-refractivity contribution in [2.45, 2.75) is 18.9 Å². The molecule has 0 fully saturated rings. The number of nitrogens with one attached hydrogen (secondary N) is 1. The number of furan rings is 1. The Balaban J connectivity index is 1.75. The molecule has 1 N–H and O–H groups in total. The second-order valence-corrected chi connectivity index (χ2v) is 5.92. The zero-order valence-electron chi connectivity index (χ0n) is 12.2. The molecule has 1 aliphatic heterocycles. The predicted molar refractivity (Wildman–Crippen MR) is 86.6 cm³/mol. The molecule has 0 unspecified atom stereocenters. The van der Waals surface area contributed by atoms with Gasteiger partial charge < -0.3 is 9.73 Å². The van der Waals surface area contributed by atoms with Crippen molar-refractivity contribution in [1.82, 2.24) is 9.78 Å². The van der Waals surface area contributed by atoms with Crippen molar-refractivity contribution in [3.63, 3.8) is 0 Å². The van der Waals surface area contributed by atoms with Gasteiger partial charge in [0.1, 0.15) is 18.1 Å². The van der Waals surface area contributed by atoms with Crippen molar-refractivity contribution in [3.05, 3.63) is 70.8 Å². The number of carbonyl (C=O) groups is 1. The largest absolute Gasteiger partial charge is 0.467 e. The fourth-order valence-electron chi connectivity index (χ4n) is 2.98. The first kappa shape index (κ1) is 14.1. The number of fused-ring (bicyclic) bond motifs is 1. The summed E-state index contributed by atoms with van der Waals surface area (Å²) in [6, 6.07) is 11.3. The van der Waals surface area contributed by atoms with Gasteiger partial charge in [0.25, 0.3) is 0 Å². The van der Waals surface area contributed by atoms with Gasteiger partial charge >= 0.3 is 0 Å². The molecule has 1 atom stereocenters. The lowest BCUT2D eigenvalue weighted by atomic mass is 9.87. The number of anilines is 1. The van der Waals surface area contributed by atoms with Gasteiger partial charge in [-0.2, -0.15) is 5.10 Å². The average molecular weight is 328 g/mol. The maximum absolute atomic E-state index is 12.2. The minimum atomic E-state index is -0.0854. The number of hydrogen-bond donors (Lipinski definition) is 1. The Morgan fingerprint density at radius 1 is 1.26 bits per heavy atom. The fraction of sp³-hybridized carbons (Fsp3) is 0.176. The van der Waals surface area contributed by atoms with Gasteiger partial charge in [0.2, 0.25) is 5.91 Å². The van der Waals surface area contributed by atoms with Gasteiger partial charge in [-0.05, 0) is 23.8 Å². The number of halogens is 1. The second kappa shape index (κ2) is 5.59. The Hall–Kier alpha value is -2.53. The highest BCUT2D eigenvalue weighted by molar-refractivity contribution is 6.31. The summed E-state index contributed by atoms with van der Waals surface area (Å²) in [5.74, 6) is 1.37. The highest BCUT2D eigenvalue weighted by atomic mass is 35.5. The van der Waals surface area contributed by atoms with Gasteiger partial charge in [0.15, 0.2) is 0 Å². The molecule has 3 heterocycles. The molecule has 1 aliphatic rings. The third-order valence-corrected chi connectivity index (χ3v) is 4.40. The maximum Gasteiger partial charge on any atom is 0.226 e. The summed E-state index contributed by atoms with van der Waals surface area (Å²) in [6.07, 6.45) is 3.78. The highest BCUT2D eigenvalue weighted by Gasteiger charge is 2.31. The Morgan fingerprint density at radius 2 is 2.13 bits per heavy atom. The van der Waals surface area contributed by atoms with E-state index in [1.54, 1.807) is 17.1 Å². The number of benzene rings is 1. The molecule has 2 aromatic heterocycles. The topological polar surface area (TPSA) is 60.1 Å². The Bertz CT molecular complexity index is 855. The van der Waals surface area contributed by atoms with E-state index in [0.717, 1.165) is 16.9 Å². The molecule has 0 saturated carbocycles. The molecule has 116 valence electrons. The van der Waals surface area contributed by atoms with Crippen LogP contribution < -0.4 is 5.32 Å². The molecule has 3 aromatic rings. The minimum absolute atomic E-state index is 0.0383. The van der Waals surface area contributed by atoms with E-state index < -0.39 is 0 Å². The van der Waals surface area contributed by atoms with Gasteiger partial charge in [0, 0.05) is 22.9 Å². The lowest BCUT2D eigenvalue weighted by Gasteiger charge is -2.24. The number of amides is 1. The molecule has 23 heavy (non-hydrogen) atoms. The van der Waals surface area contributed by atoms with Gasteiger partial charge in [-0.15, -0.1) is 0 Å². The first-order chi connectivity index (χ1) is 11.2. The van der Waals surface area contributed by atoms with Crippen LogP contribution >= 0.6 is 11.6 Å². The van der Waals surface area contributed by atoms with Crippen LogP contribution in [0, 0.1) is 0 Å². The number of carbonyl (C=O) groups excluding carboxylic acids is 1. The van der Waals surface area contributed by atoms with Crippen LogP contribution in [0.15, 0.2) is 53.3 Å². The predicted octanol–water partition coefficient (Wildman–Crippen LogP) is 3.65. The third kappa shape index (κ3) is 2.53. The summed E-state index contributed by atoms with van der Waals surface area (Å²) < 4.78 is 7.11. The molecule has 5 nitrogen and oxygen atoms in total. The van der Waals surface area contributed by atoms with Crippen LogP contribution in [-0.4, -0.2) is 15.7 Å². The van der Waals surface area contributed by atoms with Crippen molar-refractivity contribution in [2.75, 3.05) is 5.32 Å². The first-order valence-corrected chi connectivity index (χ1v) is 7.72. The van der Waals surface area contributed by atoms with Crippen molar-refractivity contribution < 1.29 is 9.21 Å². The van der Waals surface area contributed by atoms with Gasteiger partial charge in [0.05, 0.1) is 12.5 Å². The number of hydrogen-bond acceptors (Lipinski definition) is 3. The van der Waals surface area contributed by atoms with Crippen molar-refractivity contribution in [2.24, 2.45) is 0 Å². The molecular weight excluding hydrogens is 314 g/mol. The summed E-state index contributed by atoms with van der Waals surface area (Å²) >= 11 is 6.32. The lowest BCUT2D eigenvalue weighted by molar-refractivity contribution is -0.116. The summed E-state index contributed by atoms with van der Waals surface area (Å²) in [5, 5.41) is 7.99. The molecule has 4 rings (SSSR count). The molecule has 6 heteroatoms. The van der Waals surface area contributed by atoms with Crippen LogP contribution in [-0.2, 0) is 11.3 Å². The smallest absolute Gasteiger partial charge is 0.226 e.